The van der Waals surface area contributed by atoms with E-state index in [2.05, 4.69) is 15.6 Å². The maximum Gasteiger partial charge on any atom is 0.325 e. The molecule has 0 aliphatic carbocycles. The Kier molecular flexibility index (Phi) is 4.66. The fourth-order valence-corrected chi connectivity index (χ4v) is 2.41. The molecule has 1 heterocycles. The van der Waals surface area contributed by atoms with E-state index in [4.69, 9.17) is 4.74 Å². The number of para-hydroxylation sites is 3. The first-order chi connectivity index (χ1) is 11.6. The van der Waals surface area contributed by atoms with E-state index in [1.54, 1.807) is 29.8 Å². The van der Waals surface area contributed by atoms with E-state index >= 15 is 0 Å². The van der Waals surface area contributed by atoms with Gasteiger partial charge in [-0.25, -0.2) is 18.6 Å². The molecule has 5 nitrogen and oxygen atoms in total. The van der Waals surface area contributed by atoms with Crippen LogP contribution >= 0.6 is 11.3 Å². The number of carbonyl (C=O) groups excluding carboxylic acids is 1. The minimum atomic E-state index is -0.836. The highest BCUT2D eigenvalue weighted by Crippen LogP contribution is 2.32. The number of nitrogens with zero attached hydrogens (tertiary/aromatic N) is 1. The molecule has 0 aliphatic heterocycles. The normalized spacial score (nSPS) is 10.2. The summed E-state index contributed by atoms with van der Waals surface area (Å²) in [5.74, 6) is -2.10. The number of amides is 2. The second-order valence-corrected chi connectivity index (χ2v) is 5.46. The molecule has 2 N–H and O–H groups in total. The van der Waals surface area contributed by atoms with E-state index in [0.717, 1.165) is 12.1 Å². The smallest absolute Gasteiger partial charge is 0.325 e. The lowest BCUT2D eigenvalue weighted by atomic mass is 10.2. The molecular weight excluding hydrogens is 336 g/mol. The van der Waals surface area contributed by atoms with Crippen LogP contribution in [0.15, 0.2) is 54.0 Å². The Morgan fingerprint density at radius 2 is 1.79 bits per heavy atom. The Morgan fingerprint density at radius 1 is 1.04 bits per heavy atom. The predicted octanol–water partition coefficient (Wildman–Crippen LogP) is 4.86. The third kappa shape index (κ3) is 3.66. The largest absolute Gasteiger partial charge is 0.449 e. The van der Waals surface area contributed by atoms with Crippen molar-refractivity contribution in [3.63, 3.8) is 0 Å². The van der Waals surface area contributed by atoms with Gasteiger partial charge in [-0.15, -0.1) is 11.3 Å². The first-order valence-electron chi connectivity index (χ1n) is 6.82. The number of halogens is 2. The molecule has 0 spiro atoms. The third-order valence-corrected chi connectivity index (χ3v) is 3.61. The highest BCUT2D eigenvalue weighted by Gasteiger charge is 2.14. The van der Waals surface area contributed by atoms with Crippen LogP contribution in [0, 0.1) is 11.6 Å². The number of thiazole rings is 1. The van der Waals surface area contributed by atoms with Crippen molar-refractivity contribution in [2.45, 2.75) is 0 Å². The summed E-state index contributed by atoms with van der Waals surface area (Å²) in [6, 6.07) is 9.19. The number of aromatic nitrogens is 1. The molecule has 0 saturated carbocycles. The molecule has 2 amide bonds. The van der Waals surface area contributed by atoms with Gasteiger partial charge in [-0.05, 0) is 24.3 Å². The van der Waals surface area contributed by atoms with Gasteiger partial charge in [-0.2, -0.15) is 0 Å². The summed E-state index contributed by atoms with van der Waals surface area (Å²) in [4.78, 5) is 15.9. The average Bonchev–Trinajstić information content (AvgIpc) is 3.05. The number of rotatable bonds is 4. The van der Waals surface area contributed by atoms with Crippen molar-refractivity contribution in [2.75, 3.05) is 10.6 Å². The molecule has 122 valence electrons. The van der Waals surface area contributed by atoms with Gasteiger partial charge in [-0.3, -0.25) is 5.32 Å². The van der Waals surface area contributed by atoms with Gasteiger partial charge >= 0.3 is 6.03 Å². The second kappa shape index (κ2) is 7.05. The van der Waals surface area contributed by atoms with E-state index in [9.17, 15) is 13.6 Å². The maximum atomic E-state index is 13.7. The van der Waals surface area contributed by atoms with Crippen LogP contribution in [-0.2, 0) is 0 Å². The number of hydrogen-bond donors (Lipinski definition) is 2. The average molecular weight is 347 g/mol. The standard InChI is InChI=1S/C16H11F2N3O2S/c17-10-4-3-5-11(18)14(10)23-13-7-2-1-6-12(13)20-15(22)21-16-19-8-9-24-16/h1-9H,(H2,19,20,21,22). The summed E-state index contributed by atoms with van der Waals surface area (Å²) in [6.45, 7) is 0. The van der Waals surface area contributed by atoms with Gasteiger partial charge in [0, 0.05) is 11.6 Å². The van der Waals surface area contributed by atoms with Crippen LogP contribution in [0.4, 0.5) is 24.4 Å². The lowest BCUT2D eigenvalue weighted by Crippen LogP contribution is -2.19. The Bertz CT molecular complexity index is 836. The van der Waals surface area contributed by atoms with Crippen molar-refractivity contribution in [1.29, 1.82) is 0 Å². The fourth-order valence-electron chi connectivity index (χ4n) is 1.88. The van der Waals surface area contributed by atoms with Gasteiger partial charge in [-0.1, -0.05) is 18.2 Å². The molecule has 0 unspecified atom stereocenters. The van der Waals surface area contributed by atoms with E-state index in [-0.39, 0.29) is 11.4 Å². The van der Waals surface area contributed by atoms with Gasteiger partial charge < -0.3 is 10.1 Å². The molecular formula is C16H11F2N3O2S. The quantitative estimate of drug-likeness (QED) is 0.708. The third-order valence-electron chi connectivity index (χ3n) is 2.92. The summed E-state index contributed by atoms with van der Waals surface area (Å²) in [6.07, 6.45) is 1.55. The van der Waals surface area contributed by atoms with Crippen molar-refractivity contribution in [3.05, 3.63) is 65.7 Å². The van der Waals surface area contributed by atoms with Crippen molar-refractivity contribution in [1.82, 2.24) is 4.98 Å². The Morgan fingerprint density at radius 3 is 2.50 bits per heavy atom. The first kappa shape index (κ1) is 15.9. The van der Waals surface area contributed by atoms with Crippen LogP contribution < -0.4 is 15.4 Å². The summed E-state index contributed by atoms with van der Waals surface area (Å²) in [5.41, 5.74) is 0.259. The molecule has 24 heavy (non-hydrogen) atoms. The summed E-state index contributed by atoms with van der Waals surface area (Å²) in [5, 5.41) is 7.23. The number of urea groups is 1. The number of carbonyl (C=O) groups is 1. The summed E-state index contributed by atoms with van der Waals surface area (Å²) >= 11 is 1.26. The molecule has 0 saturated heterocycles. The SMILES string of the molecule is O=C(Nc1nccs1)Nc1ccccc1Oc1c(F)cccc1F. The van der Waals surface area contributed by atoms with Gasteiger partial charge in [0.2, 0.25) is 0 Å². The molecule has 0 aliphatic rings. The zero-order valence-electron chi connectivity index (χ0n) is 12.1. The van der Waals surface area contributed by atoms with Crippen LogP contribution in [-0.4, -0.2) is 11.0 Å². The molecule has 1 aromatic heterocycles. The molecule has 3 aromatic rings. The van der Waals surface area contributed by atoms with Crippen LogP contribution in [0.1, 0.15) is 0 Å². The summed E-state index contributed by atoms with van der Waals surface area (Å²) < 4.78 is 32.7. The van der Waals surface area contributed by atoms with E-state index in [1.165, 1.54) is 23.5 Å². The number of nitrogens with one attached hydrogen (secondary N) is 2. The van der Waals surface area contributed by atoms with Crippen molar-refractivity contribution >= 4 is 28.2 Å². The minimum absolute atomic E-state index is 0.107. The van der Waals surface area contributed by atoms with Gasteiger partial charge in [0.15, 0.2) is 28.3 Å². The van der Waals surface area contributed by atoms with Gasteiger partial charge in [0.1, 0.15) is 0 Å². The number of ether oxygens (including phenoxy) is 1. The van der Waals surface area contributed by atoms with Gasteiger partial charge in [0.25, 0.3) is 0 Å². The van der Waals surface area contributed by atoms with Crippen LogP contribution in [0.3, 0.4) is 0 Å². The molecule has 0 atom stereocenters. The summed E-state index contributed by atoms with van der Waals surface area (Å²) in [7, 11) is 0. The molecule has 8 heteroatoms. The highest BCUT2D eigenvalue weighted by molar-refractivity contribution is 7.13. The minimum Gasteiger partial charge on any atom is -0.449 e. The van der Waals surface area contributed by atoms with Crippen molar-refractivity contribution < 1.29 is 18.3 Å². The van der Waals surface area contributed by atoms with E-state index in [0.29, 0.717) is 5.13 Å². The zero-order valence-corrected chi connectivity index (χ0v) is 12.9. The molecule has 3 rings (SSSR count). The monoisotopic (exact) mass is 347 g/mol. The number of benzene rings is 2. The molecule has 0 fully saturated rings. The zero-order chi connectivity index (χ0) is 16.9. The van der Waals surface area contributed by atoms with Crippen LogP contribution in [0.5, 0.6) is 11.5 Å². The second-order valence-electron chi connectivity index (χ2n) is 4.57. The van der Waals surface area contributed by atoms with E-state index < -0.39 is 23.4 Å². The van der Waals surface area contributed by atoms with Crippen LogP contribution in [0.2, 0.25) is 0 Å². The maximum absolute atomic E-state index is 13.7. The van der Waals surface area contributed by atoms with Gasteiger partial charge in [0.05, 0.1) is 5.69 Å². The first-order valence-corrected chi connectivity index (χ1v) is 7.70. The lowest BCUT2D eigenvalue weighted by molar-refractivity contribution is 0.262. The molecule has 0 bridgehead atoms. The fraction of sp³-hybridized carbons (Fsp3) is 0. The topological polar surface area (TPSA) is 63.2 Å². The Balaban J connectivity index is 1.79. The van der Waals surface area contributed by atoms with Crippen molar-refractivity contribution in [3.8, 4) is 11.5 Å². The van der Waals surface area contributed by atoms with Crippen LogP contribution in [0.25, 0.3) is 0 Å². The molecule has 0 radical (unpaired) electrons. The Labute approximate surface area is 139 Å². The Hall–Kier alpha value is -3.00. The number of anilines is 2. The number of hydrogen-bond acceptors (Lipinski definition) is 4. The lowest BCUT2D eigenvalue weighted by Gasteiger charge is -2.13. The predicted molar refractivity (Wildman–Crippen MR) is 87.6 cm³/mol. The van der Waals surface area contributed by atoms with Crippen molar-refractivity contribution in [2.24, 2.45) is 0 Å². The van der Waals surface area contributed by atoms with E-state index in [1.807, 2.05) is 0 Å². The molecule has 2 aromatic carbocycles. The highest BCUT2D eigenvalue weighted by atomic mass is 32.1.